The number of hydrogen-bond donors (Lipinski definition) is 2. The highest BCUT2D eigenvalue weighted by Gasteiger charge is 2.15. The molecule has 0 saturated heterocycles. The van der Waals surface area contributed by atoms with Crippen molar-refractivity contribution in [3.05, 3.63) is 72.4 Å². The van der Waals surface area contributed by atoms with E-state index < -0.39 is 0 Å². The number of hydrazone groups is 1. The van der Waals surface area contributed by atoms with Crippen molar-refractivity contribution in [1.29, 1.82) is 0 Å². The van der Waals surface area contributed by atoms with Crippen LogP contribution >= 0.6 is 11.8 Å². The van der Waals surface area contributed by atoms with Crippen molar-refractivity contribution in [3.63, 3.8) is 0 Å². The number of nitrogens with one attached hydrogen (secondary N) is 2. The molecule has 0 amide bonds. The first-order chi connectivity index (χ1) is 11.8. The van der Waals surface area contributed by atoms with E-state index in [1.807, 2.05) is 31.2 Å². The Hall–Kier alpha value is -2.79. The highest BCUT2D eigenvalue weighted by atomic mass is 32.2. The van der Waals surface area contributed by atoms with Gasteiger partial charge in [-0.25, -0.2) is 4.98 Å². The number of para-hydroxylation sites is 1. The Morgan fingerprint density at radius 3 is 2.71 bits per heavy atom. The summed E-state index contributed by atoms with van der Waals surface area (Å²) in [5.74, 6) is 0.734. The molecule has 2 aromatic carbocycles. The van der Waals surface area contributed by atoms with E-state index in [2.05, 4.69) is 57.2 Å². The molecule has 4 rings (SSSR count). The van der Waals surface area contributed by atoms with Crippen LogP contribution in [0.4, 0.5) is 17.2 Å². The maximum Gasteiger partial charge on any atom is 0.146 e. The lowest BCUT2D eigenvalue weighted by Gasteiger charge is -2.21. The molecular weight excluding hydrogens is 316 g/mol. The van der Waals surface area contributed by atoms with Gasteiger partial charge in [0.25, 0.3) is 0 Å². The lowest BCUT2D eigenvalue weighted by molar-refractivity contribution is 1.22. The molecule has 0 saturated carbocycles. The van der Waals surface area contributed by atoms with Crippen LogP contribution in [0.5, 0.6) is 0 Å². The van der Waals surface area contributed by atoms with Gasteiger partial charge in [0.05, 0.1) is 17.1 Å². The van der Waals surface area contributed by atoms with Crippen molar-refractivity contribution >= 4 is 34.7 Å². The predicted octanol–water partition coefficient (Wildman–Crippen LogP) is 5.13. The number of anilines is 3. The Morgan fingerprint density at radius 2 is 1.83 bits per heavy atom. The van der Waals surface area contributed by atoms with Gasteiger partial charge in [-0.3, -0.25) is 5.43 Å². The Morgan fingerprint density at radius 1 is 1.00 bits per heavy atom. The van der Waals surface area contributed by atoms with Gasteiger partial charge in [-0.05, 0) is 48.9 Å². The van der Waals surface area contributed by atoms with E-state index in [1.54, 1.807) is 18.0 Å². The van der Waals surface area contributed by atoms with Crippen molar-refractivity contribution in [1.82, 2.24) is 4.98 Å². The normalized spacial score (nSPS) is 12.8. The van der Waals surface area contributed by atoms with Gasteiger partial charge in [0.1, 0.15) is 5.82 Å². The third-order valence-electron chi connectivity index (χ3n) is 3.78. The summed E-state index contributed by atoms with van der Waals surface area (Å²) in [5, 5.41) is 7.93. The van der Waals surface area contributed by atoms with Gasteiger partial charge in [0, 0.05) is 16.0 Å². The molecule has 0 spiro atoms. The summed E-state index contributed by atoms with van der Waals surface area (Å²) in [5.41, 5.74) is 7.24. The Bertz CT molecular complexity index is 906. The zero-order chi connectivity index (χ0) is 16.4. The highest BCUT2D eigenvalue weighted by Crippen LogP contribution is 2.44. The van der Waals surface area contributed by atoms with Gasteiger partial charge >= 0.3 is 0 Å². The Kier molecular flexibility index (Phi) is 3.92. The van der Waals surface area contributed by atoms with Crippen LogP contribution in [-0.4, -0.2) is 10.7 Å². The van der Waals surface area contributed by atoms with Crippen LogP contribution in [0.25, 0.3) is 0 Å². The van der Waals surface area contributed by atoms with Crippen molar-refractivity contribution in [3.8, 4) is 0 Å². The van der Waals surface area contributed by atoms with Crippen LogP contribution < -0.4 is 10.7 Å². The third kappa shape index (κ3) is 2.98. The number of fused-ring (bicyclic) bond motifs is 2. The van der Waals surface area contributed by atoms with Crippen LogP contribution in [-0.2, 0) is 0 Å². The second-order valence-electron chi connectivity index (χ2n) is 5.46. The Labute approximate surface area is 145 Å². The summed E-state index contributed by atoms with van der Waals surface area (Å²) in [6.45, 7) is 1.99. The van der Waals surface area contributed by atoms with Gasteiger partial charge in [-0.1, -0.05) is 36.0 Å². The van der Waals surface area contributed by atoms with Gasteiger partial charge in [-0.15, -0.1) is 0 Å². The standard InChI is InChI=1S/C19H16N4S/c1-13(22-23-19-8-4-5-11-20-19)14-9-10-18-16(12-14)21-15-6-2-3-7-17(15)24-18/h2-12,21H,1H3,(H,20,23). The monoisotopic (exact) mass is 332 g/mol. The first kappa shape index (κ1) is 14.8. The minimum Gasteiger partial charge on any atom is -0.354 e. The van der Waals surface area contributed by atoms with Gasteiger partial charge in [0.15, 0.2) is 0 Å². The molecule has 0 atom stereocenters. The SMILES string of the molecule is CC(=NNc1ccccn1)c1ccc2c(c1)Nc1ccccc1S2. The molecule has 1 aliphatic heterocycles. The number of aromatic nitrogens is 1. The molecule has 0 bridgehead atoms. The lowest BCUT2D eigenvalue weighted by atomic mass is 10.1. The summed E-state index contributed by atoms with van der Waals surface area (Å²) in [6, 6.07) is 20.4. The molecule has 118 valence electrons. The fourth-order valence-electron chi connectivity index (χ4n) is 2.50. The molecule has 0 unspecified atom stereocenters. The second kappa shape index (κ2) is 6.37. The van der Waals surface area contributed by atoms with Crippen molar-refractivity contribution < 1.29 is 0 Å². The van der Waals surface area contributed by atoms with Crippen LogP contribution in [0, 0.1) is 0 Å². The van der Waals surface area contributed by atoms with Gasteiger partial charge < -0.3 is 5.32 Å². The van der Waals surface area contributed by atoms with E-state index in [0.717, 1.165) is 28.5 Å². The summed E-state index contributed by atoms with van der Waals surface area (Å²) in [4.78, 5) is 6.68. The topological polar surface area (TPSA) is 49.3 Å². The summed E-state index contributed by atoms with van der Waals surface area (Å²) >= 11 is 1.79. The molecule has 0 radical (unpaired) electrons. The number of pyridine rings is 1. The number of hydrogen-bond acceptors (Lipinski definition) is 5. The molecule has 3 aromatic rings. The van der Waals surface area contributed by atoms with E-state index in [9.17, 15) is 0 Å². The minimum atomic E-state index is 0.734. The fraction of sp³-hybridized carbons (Fsp3) is 0.0526. The zero-order valence-corrected chi connectivity index (χ0v) is 14.0. The highest BCUT2D eigenvalue weighted by molar-refractivity contribution is 7.99. The summed E-state index contributed by atoms with van der Waals surface area (Å²) < 4.78 is 0. The number of rotatable bonds is 3. The van der Waals surface area contributed by atoms with Crippen molar-refractivity contribution in [2.75, 3.05) is 10.7 Å². The molecule has 2 N–H and O–H groups in total. The number of benzene rings is 2. The van der Waals surface area contributed by atoms with Crippen LogP contribution in [0.1, 0.15) is 12.5 Å². The molecule has 0 aliphatic carbocycles. The maximum atomic E-state index is 4.43. The van der Waals surface area contributed by atoms with Crippen LogP contribution in [0.2, 0.25) is 0 Å². The quantitative estimate of drug-likeness (QED) is 0.403. The van der Waals surface area contributed by atoms with Crippen molar-refractivity contribution in [2.45, 2.75) is 16.7 Å². The van der Waals surface area contributed by atoms with E-state index in [0.29, 0.717) is 0 Å². The first-order valence-corrected chi connectivity index (χ1v) is 8.51. The fourth-order valence-corrected chi connectivity index (χ4v) is 3.47. The largest absolute Gasteiger partial charge is 0.354 e. The van der Waals surface area contributed by atoms with Crippen molar-refractivity contribution in [2.24, 2.45) is 5.10 Å². The number of nitrogens with zero attached hydrogens (tertiary/aromatic N) is 2. The van der Waals surface area contributed by atoms with Crippen LogP contribution in [0.15, 0.2) is 81.8 Å². The zero-order valence-electron chi connectivity index (χ0n) is 13.2. The average molecular weight is 332 g/mol. The molecular formula is C19H16N4S. The molecule has 2 heterocycles. The lowest BCUT2D eigenvalue weighted by Crippen LogP contribution is -2.04. The van der Waals surface area contributed by atoms with E-state index >= 15 is 0 Å². The average Bonchev–Trinajstić information content (AvgIpc) is 2.64. The van der Waals surface area contributed by atoms with Crippen LogP contribution in [0.3, 0.4) is 0 Å². The first-order valence-electron chi connectivity index (χ1n) is 7.69. The molecule has 1 aromatic heterocycles. The van der Waals surface area contributed by atoms with E-state index in [4.69, 9.17) is 0 Å². The van der Waals surface area contributed by atoms with E-state index in [1.165, 1.54) is 9.79 Å². The molecule has 24 heavy (non-hydrogen) atoms. The predicted molar refractivity (Wildman–Crippen MR) is 100 cm³/mol. The summed E-state index contributed by atoms with van der Waals surface area (Å²) in [7, 11) is 0. The smallest absolute Gasteiger partial charge is 0.146 e. The molecule has 4 nitrogen and oxygen atoms in total. The maximum absolute atomic E-state index is 4.43. The molecule has 5 heteroatoms. The Balaban J connectivity index is 1.58. The summed E-state index contributed by atoms with van der Waals surface area (Å²) in [6.07, 6.45) is 1.74. The minimum absolute atomic E-state index is 0.734. The second-order valence-corrected chi connectivity index (χ2v) is 6.54. The van der Waals surface area contributed by atoms with E-state index in [-0.39, 0.29) is 0 Å². The molecule has 0 fully saturated rings. The van der Waals surface area contributed by atoms with Gasteiger partial charge in [-0.2, -0.15) is 5.10 Å². The third-order valence-corrected chi connectivity index (χ3v) is 4.93. The van der Waals surface area contributed by atoms with Gasteiger partial charge in [0.2, 0.25) is 0 Å². The molecule has 1 aliphatic rings.